The Morgan fingerprint density at radius 3 is 2.41 bits per heavy atom. The Morgan fingerprint density at radius 2 is 1.76 bits per heavy atom. The van der Waals surface area contributed by atoms with E-state index in [1.807, 2.05) is 19.1 Å². The van der Waals surface area contributed by atoms with Crippen molar-refractivity contribution in [3.63, 3.8) is 0 Å². The van der Waals surface area contributed by atoms with Crippen LogP contribution in [-0.4, -0.2) is 5.78 Å². The van der Waals surface area contributed by atoms with Crippen LogP contribution in [-0.2, 0) is 0 Å². The summed E-state index contributed by atoms with van der Waals surface area (Å²) in [5, 5.41) is 0. The minimum absolute atomic E-state index is 0.0863. The van der Waals surface area contributed by atoms with E-state index < -0.39 is 5.82 Å². The van der Waals surface area contributed by atoms with E-state index in [2.05, 4.69) is 15.9 Å². The highest BCUT2D eigenvalue weighted by Crippen LogP contribution is 2.19. The predicted octanol–water partition coefficient (Wildman–Crippen LogP) is 4.13. The van der Waals surface area contributed by atoms with Crippen molar-refractivity contribution >= 4 is 21.7 Å². The second kappa shape index (κ2) is 4.80. The van der Waals surface area contributed by atoms with Crippen molar-refractivity contribution in [2.45, 2.75) is 6.92 Å². The van der Waals surface area contributed by atoms with Crippen molar-refractivity contribution in [1.82, 2.24) is 0 Å². The molecule has 0 heterocycles. The second-order valence-electron chi connectivity index (χ2n) is 3.82. The molecule has 0 radical (unpaired) electrons. The zero-order valence-electron chi connectivity index (χ0n) is 9.21. The number of hydrogen-bond donors (Lipinski definition) is 0. The van der Waals surface area contributed by atoms with Gasteiger partial charge in [0.15, 0.2) is 5.78 Å². The zero-order chi connectivity index (χ0) is 12.4. The smallest absolute Gasteiger partial charge is 0.196 e. The number of rotatable bonds is 2. The maximum atomic E-state index is 13.5. The van der Waals surface area contributed by atoms with Gasteiger partial charge in [0, 0.05) is 10.0 Å². The Bertz CT molecular complexity index is 561. The highest BCUT2D eigenvalue weighted by Gasteiger charge is 2.13. The molecule has 0 spiro atoms. The van der Waals surface area contributed by atoms with Gasteiger partial charge in [-0.3, -0.25) is 4.79 Å². The summed E-state index contributed by atoms with van der Waals surface area (Å²) in [4.78, 5) is 12.1. The van der Waals surface area contributed by atoms with Gasteiger partial charge >= 0.3 is 0 Å². The quantitative estimate of drug-likeness (QED) is 0.761. The van der Waals surface area contributed by atoms with Crippen molar-refractivity contribution in [2.24, 2.45) is 0 Å². The van der Waals surface area contributed by atoms with Crippen LogP contribution in [0.25, 0.3) is 0 Å². The fraction of sp³-hybridized carbons (Fsp3) is 0.0714. The molecule has 17 heavy (non-hydrogen) atoms. The van der Waals surface area contributed by atoms with Crippen LogP contribution in [0.3, 0.4) is 0 Å². The molecule has 0 saturated carbocycles. The molecule has 2 aromatic rings. The van der Waals surface area contributed by atoms with E-state index in [0.29, 0.717) is 10.0 Å². The Balaban J connectivity index is 2.43. The number of benzene rings is 2. The van der Waals surface area contributed by atoms with Gasteiger partial charge in [0.2, 0.25) is 0 Å². The summed E-state index contributed by atoms with van der Waals surface area (Å²) in [7, 11) is 0. The standard InChI is InChI=1S/C14H10BrFO/c1-9-2-4-10(5-3-9)14(17)12-8-11(15)6-7-13(12)16/h2-8H,1H3. The van der Waals surface area contributed by atoms with E-state index in [9.17, 15) is 9.18 Å². The summed E-state index contributed by atoms with van der Waals surface area (Å²) in [6.45, 7) is 1.94. The van der Waals surface area contributed by atoms with Crippen LogP contribution < -0.4 is 0 Å². The Hall–Kier alpha value is -1.48. The van der Waals surface area contributed by atoms with Crippen LogP contribution in [0.1, 0.15) is 21.5 Å². The lowest BCUT2D eigenvalue weighted by Gasteiger charge is -2.04. The molecule has 0 N–H and O–H groups in total. The second-order valence-corrected chi connectivity index (χ2v) is 4.73. The van der Waals surface area contributed by atoms with Crippen LogP contribution in [0.2, 0.25) is 0 Å². The fourth-order valence-corrected chi connectivity index (χ4v) is 1.89. The average molecular weight is 293 g/mol. The topological polar surface area (TPSA) is 17.1 Å². The third-order valence-corrected chi connectivity index (χ3v) is 2.98. The highest BCUT2D eigenvalue weighted by molar-refractivity contribution is 9.10. The van der Waals surface area contributed by atoms with Gasteiger partial charge in [0.25, 0.3) is 0 Å². The predicted molar refractivity (Wildman–Crippen MR) is 68.7 cm³/mol. The number of carbonyl (C=O) groups is 1. The minimum Gasteiger partial charge on any atom is -0.288 e. The Kier molecular flexibility index (Phi) is 3.38. The largest absolute Gasteiger partial charge is 0.288 e. The van der Waals surface area contributed by atoms with Crippen LogP contribution in [0.4, 0.5) is 4.39 Å². The Morgan fingerprint density at radius 1 is 1.12 bits per heavy atom. The van der Waals surface area contributed by atoms with Crippen molar-refractivity contribution in [1.29, 1.82) is 0 Å². The van der Waals surface area contributed by atoms with Crippen LogP contribution in [0.5, 0.6) is 0 Å². The molecule has 0 aliphatic rings. The first kappa shape index (κ1) is 12.0. The molecular formula is C14H10BrFO. The van der Waals surface area contributed by atoms with Gasteiger partial charge in [-0.2, -0.15) is 0 Å². The van der Waals surface area contributed by atoms with E-state index >= 15 is 0 Å². The zero-order valence-corrected chi connectivity index (χ0v) is 10.8. The van der Waals surface area contributed by atoms with E-state index in [0.717, 1.165) is 5.56 Å². The summed E-state index contributed by atoms with van der Waals surface area (Å²) in [5.41, 5.74) is 1.65. The molecule has 0 aliphatic carbocycles. The van der Waals surface area contributed by atoms with Gasteiger partial charge in [0.1, 0.15) is 5.82 Å². The lowest BCUT2D eigenvalue weighted by Crippen LogP contribution is -2.04. The average Bonchev–Trinajstić information content (AvgIpc) is 2.32. The molecule has 0 unspecified atom stereocenters. The first-order valence-electron chi connectivity index (χ1n) is 5.14. The fourth-order valence-electron chi connectivity index (χ4n) is 1.53. The first-order chi connectivity index (χ1) is 8.08. The lowest BCUT2D eigenvalue weighted by molar-refractivity contribution is 0.103. The van der Waals surface area contributed by atoms with E-state index in [1.54, 1.807) is 18.2 Å². The van der Waals surface area contributed by atoms with Crippen LogP contribution >= 0.6 is 15.9 Å². The third kappa shape index (κ3) is 2.61. The van der Waals surface area contributed by atoms with Gasteiger partial charge < -0.3 is 0 Å². The summed E-state index contributed by atoms with van der Waals surface area (Å²) in [5.74, 6) is -0.803. The molecule has 0 bridgehead atoms. The highest BCUT2D eigenvalue weighted by atomic mass is 79.9. The van der Waals surface area contributed by atoms with Crippen LogP contribution in [0.15, 0.2) is 46.9 Å². The normalized spacial score (nSPS) is 10.3. The van der Waals surface area contributed by atoms with Crippen molar-refractivity contribution < 1.29 is 9.18 Å². The maximum absolute atomic E-state index is 13.5. The summed E-state index contributed by atoms with van der Waals surface area (Å²) in [6.07, 6.45) is 0. The molecule has 0 saturated heterocycles. The molecule has 1 nitrogen and oxygen atoms in total. The molecule has 2 rings (SSSR count). The van der Waals surface area contributed by atoms with Gasteiger partial charge in [-0.25, -0.2) is 4.39 Å². The minimum atomic E-state index is -0.501. The number of aryl methyl sites for hydroxylation is 1. The summed E-state index contributed by atoms with van der Waals surface area (Å²) < 4.78 is 14.2. The molecule has 0 amide bonds. The SMILES string of the molecule is Cc1ccc(C(=O)c2cc(Br)ccc2F)cc1. The molecule has 86 valence electrons. The van der Waals surface area contributed by atoms with E-state index in [4.69, 9.17) is 0 Å². The van der Waals surface area contributed by atoms with Gasteiger partial charge in [-0.15, -0.1) is 0 Å². The monoisotopic (exact) mass is 292 g/mol. The number of carbonyl (C=O) groups excluding carboxylic acids is 1. The van der Waals surface area contributed by atoms with Gasteiger partial charge in [-0.05, 0) is 25.1 Å². The van der Waals surface area contributed by atoms with Crippen molar-refractivity contribution in [2.75, 3.05) is 0 Å². The number of hydrogen-bond acceptors (Lipinski definition) is 1. The molecule has 0 fully saturated rings. The van der Waals surface area contributed by atoms with Crippen LogP contribution in [0, 0.1) is 12.7 Å². The molecular weight excluding hydrogens is 283 g/mol. The number of halogens is 2. The number of ketones is 1. The maximum Gasteiger partial charge on any atom is 0.196 e. The lowest BCUT2D eigenvalue weighted by atomic mass is 10.0. The van der Waals surface area contributed by atoms with E-state index in [-0.39, 0.29) is 11.3 Å². The summed E-state index contributed by atoms with van der Waals surface area (Å²) >= 11 is 3.23. The van der Waals surface area contributed by atoms with Gasteiger partial charge in [0.05, 0.1) is 5.56 Å². The Labute approximate surface area is 107 Å². The molecule has 3 heteroatoms. The van der Waals surface area contributed by atoms with Gasteiger partial charge in [-0.1, -0.05) is 45.8 Å². The first-order valence-corrected chi connectivity index (χ1v) is 5.93. The van der Waals surface area contributed by atoms with Crippen molar-refractivity contribution in [3.8, 4) is 0 Å². The summed E-state index contributed by atoms with van der Waals surface area (Å²) in [6, 6.07) is 11.4. The molecule has 0 atom stereocenters. The molecule has 0 aromatic heterocycles. The van der Waals surface area contributed by atoms with E-state index in [1.165, 1.54) is 12.1 Å². The third-order valence-electron chi connectivity index (χ3n) is 2.49. The molecule has 0 aliphatic heterocycles. The van der Waals surface area contributed by atoms with Crippen molar-refractivity contribution in [3.05, 3.63) is 69.4 Å². The molecule has 2 aromatic carbocycles.